The molecule has 0 aliphatic heterocycles. The van der Waals surface area contributed by atoms with Crippen LogP contribution in [0, 0.1) is 10.8 Å². The van der Waals surface area contributed by atoms with E-state index >= 15 is 0 Å². The van der Waals surface area contributed by atoms with E-state index in [1.165, 1.54) is 11.3 Å². The van der Waals surface area contributed by atoms with Gasteiger partial charge in [-0.15, -0.1) is 0 Å². The van der Waals surface area contributed by atoms with E-state index in [1.54, 1.807) is 0 Å². The van der Waals surface area contributed by atoms with Crippen molar-refractivity contribution in [2.24, 2.45) is 10.8 Å². The fourth-order valence-electron chi connectivity index (χ4n) is 2.43. The van der Waals surface area contributed by atoms with E-state index in [0.717, 1.165) is 5.13 Å². The Hall–Kier alpha value is -1.30. The normalized spacial score (nSPS) is 20.1. The summed E-state index contributed by atoms with van der Waals surface area (Å²) in [6.45, 7) is 8.66. The number of hydrogen-bond donors (Lipinski definition) is 2. The van der Waals surface area contributed by atoms with Gasteiger partial charge in [-0.25, -0.2) is 4.98 Å². The number of nitrogens with one attached hydrogen (secondary N) is 1. The molecular formula is C13H22N4OS. The lowest BCUT2D eigenvalue weighted by Crippen LogP contribution is -2.29. The molecule has 2 rings (SSSR count). The van der Waals surface area contributed by atoms with E-state index in [2.05, 4.69) is 38.0 Å². The second-order valence-corrected chi connectivity index (χ2v) is 7.43. The summed E-state index contributed by atoms with van der Waals surface area (Å²) < 4.78 is 0. The zero-order valence-corrected chi connectivity index (χ0v) is 13.2. The molecule has 0 spiro atoms. The number of carbonyl (C=O) groups excluding carboxylic acids is 1. The highest BCUT2D eigenvalue weighted by Crippen LogP contribution is 2.62. The quantitative estimate of drug-likeness (QED) is 0.889. The summed E-state index contributed by atoms with van der Waals surface area (Å²) in [4.78, 5) is 18.8. The topological polar surface area (TPSA) is 71.2 Å². The highest BCUT2D eigenvalue weighted by Gasteiger charge is 2.65. The van der Waals surface area contributed by atoms with Crippen LogP contribution in [0.3, 0.4) is 0 Å². The highest BCUT2D eigenvalue weighted by molar-refractivity contribution is 7.18. The van der Waals surface area contributed by atoms with E-state index in [9.17, 15) is 4.79 Å². The summed E-state index contributed by atoms with van der Waals surface area (Å²) in [6.07, 6.45) is 0. The molecule has 1 fully saturated rings. The third-order valence-electron chi connectivity index (χ3n) is 4.53. The van der Waals surface area contributed by atoms with Crippen molar-refractivity contribution in [3.05, 3.63) is 4.88 Å². The molecular weight excluding hydrogens is 260 g/mol. The SMILES string of the molecule is CN(C)c1nc(N)c(C(=O)NC2C(C)(C)C2(C)C)s1. The van der Waals surface area contributed by atoms with Crippen LogP contribution in [0.5, 0.6) is 0 Å². The van der Waals surface area contributed by atoms with Gasteiger partial charge in [0.05, 0.1) is 0 Å². The molecule has 1 aromatic rings. The number of thiazole rings is 1. The smallest absolute Gasteiger partial charge is 0.265 e. The molecule has 1 heterocycles. The van der Waals surface area contributed by atoms with Crippen molar-refractivity contribution < 1.29 is 4.79 Å². The summed E-state index contributed by atoms with van der Waals surface area (Å²) in [5, 5.41) is 3.82. The number of nitrogens with zero attached hydrogens (tertiary/aromatic N) is 2. The van der Waals surface area contributed by atoms with Crippen LogP contribution >= 0.6 is 11.3 Å². The van der Waals surface area contributed by atoms with Crippen molar-refractivity contribution in [1.82, 2.24) is 10.3 Å². The van der Waals surface area contributed by atoms with Gasteiger partial charge in [0.2, 0.25) is 0 Å². The molecule has 0 saturated heterocycles. The number of nitrogens with two attached hydrogens (primary N) is 1. The third kappa shape index (κ3) is 2.08. The van der Waals surface area contributed by atoms with Crippen molar-refractivity contribution in [2.75, 3.05) is 24.7 Å². The number of nitrogen functional groups attached to an aromatic ring is 1. The predicted molar refractivity (Wildman–Crippen MR) is 79.7 cm³/mol. The van der Waals surface area contributed by atoms with Crippen LogP contribution in [0.1, 0.15) is 37.4 Å². The monoisotopic (exact) mass is 282 g/mol. The van der Waals surface area contributed by atoms with E-state index in [4.69, 9.17) is 5.73 Å². The summed E-state index contributed by atoms with van der Waals surface area (Å²) in [7, 11) is 3.76. The van der Waals surface area contributed by atoms with E-state index in [-0.39, 0.29) is 22.8 Å². The number of anilines is 2. The Bertz CT molecular complexity index is 505. The minimum Gasteiger partial charge on any atom is -0.382 e. The van der Waals surface area contributed by atoms with Gasteiger partial charge in [-0.2, -0.15) is 0 Å². The standard InChI is InChI=1S/C13H22N4OS/c1-12(2)10(13(12,3)4)16-9(18)7-8(14)15-11(19-7)17(5)6/h10H,14H2,1-6H3,(H,16,18). The van der Waals surface area contributed by atoms with Crippen LogP contribution in [0.25, 0.3) is 0 Å². The molecule has 0 bridgehead atoms. The Morgan fingerprint density at radius 3 is 2.21 bits per heavy atom. The van der Waals surface area contributed by atoms with Crippen LogP contribution in [0.2, 0.25) is 0 Å². The van der Waals surface area contributed by atoms with Crippen molar-refractivity contribution in [3.63, 3.8) is 0 Å². The first-order chi connectivity index (χ1) is 8.59. The second-order valence-electron chi connectivity index (χ2n) is 6.46. The van der Waals surface area contributed by atoms with Crippen molar-refractivity contribution in [2.45, 2.75) is 33.7 Å². The summed E-state index contributed by atoms with van der Waals surface area (Å²) in [5.74, 6) is 0.189. The lowest BCUT2D eigenvalue weighted by Gasteiger charge is -2.06. The van der Waals surface area contributed by atoms with Gasteiger partial charge in [0.1, 0.15) is 10.7 Å². The molecule has 3 N–H and O–H groups in total. The molecule has 106 valence electrons. The molecule has 0 atom stereocenters. The third-order valence-corrected chi connectivity index (χ3v) is 5.76. The molecule has 1 aliphatic carbocycles. The van der Waals surface area contributed by atoms with E-state index in [0.29, 0.717) is 10.7 Å². The van der Waals surface area contributed by atoms with E-state index < -0.39 is 0 Å². The van der Waals surface area contributed by atoms with E-state index in [1.807, 2.05) is 19.0 Å². The van der Waals surface area contributed by atoms with Crippen molar-refractivity contribution in [3.8, 4) is 0 Å². The largest absolute Gasteiger partial charge is 0.382 e. The summed E-state index contributed by atoms with van der Waals surface area (Å²) in [5.41, 5.74) is 6.06. The minimum atomic E-state index is -0.119. The van der Waals surface area contributed by atoms with Crippen LogP contribution < -0.4 is 16.0 Å². The number of aromatic nitrogens is 1. The Labute approximate surface area is 118 Å². The number of rotatable bonds is 3. The first-order valence-electron chi connectivity index (χ1n) is 6.33. The van der Waals surface area contributed by atoms with Gasteiger partial charge in [-0.05, 0) is 10.8 Å². The van der Waals surface area contributed by atoms with Gasteiger partial charge >= 0.3 is 0 Å². The summed E-state index contributed by atoms with van der Waals surface area (Å²) in [6, 6.07) is 0.178. The molecule has 19 heavy (non-hydrogen) atoms. The molecule has 0 aromatic carbocycles. The van der Waals surface area contributed by atoms with Gasteiger partial charge < -0.3 is 16.0 Å². The summed E-state index contributed by atoms with van der Waals surface area (Å²) >= 11 is 1.32. The fraction of sp³-hybridized carbons (Fsp3) is 0.692. The predicted octanol–water partition coefficient (Wildman–Crippen LogP) is 1.96. The Morgan fingerprint density at radius 1 is 1.32 bits per heavy atom. The maximum absolute atomic E-state index is 12.3. The lowest BCUT2D eigenvalue weighted by atomic mass is 10.0. The Balaban J connectivity index is 2.14. The van der Waals surface area contributed by atoms with Crippen LogP contribution in [0.15, 0.2) is 0 Å². The maximum Gasteiger partial charge on any atom is 0.265 e. The van der Waals surface area contributed by atoms with Gasteiger partial charge in [-0.1, -0.05) is 39.0 Å². The molecule has 0 radical (unpaired) electrons. The first-order valence-corrected chi connectivity index (χ1v) is 7.15. The van der Waals surface area contributed by atoms with Crippen molar-refractivity contribution in [1.29, 1.82) is 0 Å². The van der Waals surface area contributed by atoms with Crippen molar-refractivity contribution >= 4 is 28.2 Å². The average molecular weight is 282 g/mol. The number of carbonyl (C=O) groups is 1. The fourth-order valence-corrected chi connectivity index (χ4v) is 3.24. The maximum atomic E-state index is 12.3. The first kappa shape index (κ1) is 14.1. The Kier molecular flexibility index (Phi) is 3.04. The van der Waals surface area contributed by atoms with Gasteiger partial charge in [0, 0.05) is 20.1 Å². The molecule has 1 amide bonds. The number of hydrogen-bond acceptors (Lipinski definition) is 5. The molecule has 6 heteroatoms. The van der Waals surface area contributed by atoms with Crippen LogP contribution in [-0.4, -0.2) is 31.0 Å². The Morgan fingerprint density at radius 2 is 1.84 bits per heavy atom. The molecule has 1 saturated carbocycles. The molecule has 1 aliphatic rings. The molecule has 1 aromatic heterocycles. The minimum absolute atomic E-state index is 0.118. The lowest BCUT2D eigenvalue weighted by molar-refractivity contribution is 0.0948. The van der Waals surface area contributed by atoms with Gasteiger partial charge in [-0.3, -0.25) is 4.79 Å². The van der Waals surface area contributed by atoms with Gasteiger partial charge in [0.25, 0.3) is 5.91 Å². The van der Waals surface area contributed by atoms with Gasteiger partial charge in [0.15, 0.2) is 5.13 Å². The average Bonchev–Trinajstić information content (AvgIpc) is 2.65. The zero-order chi connectivity index (χ0) is 14.6. The molecule has 5 nitrogen and oxygen atoms in total. The van der Waals surface area contributed by atoms with Crippen LogP contribution in [0.4, 0.5) is 10.9 Å². The second kappa shape index (κ2) is 4.10. The number of amides is 1. The highest BCUT2D eigenvalue weighted by atomic mass is 32.1. The zero-order valence-electron chi connectivity index (χ0n) is 12.4. The van der Waals surface area contributed by atoms with Crippen LogP contribution in [-0.2, 0) is 0 Å². The molecule has 0 unspecified atom stereocenters.